The molecule has 0 spiro atoms. The third-order valence-electron chi connectivity index (χ3n) is 1.03. The van der Waals surface area contributed by atoms with E-state index in [-0.39, 0.29) is 0 Å². The second-order valence-electron chi connectivity index (χ2n) is 1.93. The number of hydrogen-bond acceptors (Lipinski definition) is 1. The summed E-state index contributed by atoms with van der Waals surface area (Å²) in [6.45, 7) is -1.52. The van der Waals surface area contributed by atoms with Crippen molar-refractivity contribution in [2.75, 3.05) is 6.67 Å². The molecule has 0 aromatic rings. The first-order chi connectivity index (χ1) is 5.23. The summed E-state index contributed by atoms with van der Waals surface area (Å²) in [5.41, 5.74) is 0. The minimum atomic E-state index is -5.93. The van der Waals surface area contributed by atoms with Crippen LogP contribution in [0.2, 0.25) is 0 Å². The van der Waals surface area contributed by atoms with Gasteiger partial charge in [-0.25, -0.2) is 0 Å². The van der Waals surface area contributed by atoms with Crippen LogP contribution in [0.5, 0.6) is 0 Å². The monoisotopic (exact) mass is 194 g/mol. The topological polar surface area (TPSA) is 17.1 Å². The van der Waals surface area contributed by atoms with Crippen LogP contribution in [0, 0.1) is 0 Å². The summed E-state index contributed by atoms with van der Waals surface area (Å²) in [6.07, 6.45) is -7.36. The average Bonchev–Trinajstić information content (AvgIpc) is 1.85. The molecule has 0 aliphatic heterocycles. The van der Waals surface area contributed by atoms with Crippen LogP contribution in [0.25, 0.3) is 0 Å². The fourth-order valence-electron chi connectivity index (χ4n) is 0.401. The maximum absolute atomic E-state index is 11.9. The molecule has 0 aromatic heterocycles. The van der Waals surface area contributed by atoms with Crippen molar-refractivity contribution in [2.24, 2.45) is 0 Å². The highest BCUT2D eigenvalue weighted by Gasteiger charge is 2.62. The van der Waals surface area contributed by atoms with Crippen molar-refractivity contribution >= 4 is 5.78 Å². The van der Waals surface area contributed by atoms with E-state index in [1.807, 2.05) is 0 Å². The molecule has 1 nitrogen and oxygen atoms in total. The Labute approximate surface area is 63.4 Å². The number of rotatable bonds is 3. The Bertz CT molecular complexity index is 171. The summed E-state index contributed by atoms with van der Waals surface area (Å²) in [5, 5.41) is 0. The number of hydrogen-bond donors (Lipinski definition) is 0. The van der Waals surface area contributed by atoms with Crippen LogP contribution in [-0.2, 0) is 4.79 Å². The fourth-order valence-corrected chi connectivity index (χ4v) is 0.401. The molecule has 7 heteroatoms. The summed E-state index contributed by atoms with van der Waals surface area (Å²) < 4.78 is 68.9. The Morgan fingerprint density at radius 2 is 1.50 bits per heavy atom. The van der Waals surface area contributed by atoms with Crippen molar-refractivity contribution in [3.8, 4) is 0 Å². The highest BCUT2D eigenvalue weighted by molar-refractivity contribution is 5.86. The second-order valence-corrected chi connectivity index (χ2v) is 1.93. The first-order valence-electron chi connectivity index (χ1n) is 2.77. The normalized spacial score (nSPS) is 13.2. The molecule has 0 saturated carbocycles. The first-order valence-corrected chi connectivity index (χ1v) is 2.77. The van der Waals surface area contributed by atoms with Crippen molar-refractivity contribution in [2.45, 2.75) is 18.5 Å². The lowest BCUT2D eigenvalue weighted by atomic mass is 10.1. The van der Waals surface area contributed by atoms with Crippen LogP contribution in [-0.4, -0.2) is 24.6 Å². The van der Waals surface area contributed by atoms with Gasteiger partial charge in [-0.1, -0.05) is 0 Å². The van der Waals surface area contributed by atoms with Crippen LogP contribution in [0.4, 0.5) is 26.3 Å². The lowest BCUT2D eigenvalue weighted by Gasteiger charge is -2.16. The molecular formula is C5H4F6O. The largest absolute Gasteiger partial charge is 0.461 e. The summed E-state index contributed by atoms with van der Waals surface area (Å²) >= 11 is 0. The minimum absolute atomic E-state index is 1.42. The van der Waals surface area contributed by atoms with E-state index in [1.54, 1.807) is 0 Å². The van der Waals surface area contributed by atoms with Crippen molar-refractivity contribution in [1.82, 2.24) is 0 Å². The number of Topliss-reactive ketones (excluding diaryl/α,β-unsaturated/α-hetero) is 1. The van der Waals surface area contributed by atoms with Gasteiger partial charge in [0.15, 0.2) is 0 Å². The molecule has 0 radical (unpaired) electrons. The Balaban J connectivity index is 4.50. The maximum atomic E-state index is 11.9. The zero-order valence-corrected chi connectivity index (χ0v) is 5.59. The highest BCUT2D eigenvalue weighted by Crippen LogP contribution is 2.36. The van der Waals surface area contributed by atoms with E-state index < -0.39 is 31.0 Å². The fraction of sp³-hybridized carbons (Fsp3) is 0.800. The molecule has 72 valence electrons. The lowest BCUT2D eigenvalue weighted by molar-refractivity contribution is -0.268. The summed E-state index contributed by atoms with van der Waals surface area (Å²) in [4.78, 5) is 10.0. The number of halogens is 6. The van der Waals surface area contributed by atoms with Gasteiger partial charge in [0.1, 0.15) is 0 Å². The first kappa shape index (κ1) is 11.2. The third-order valence-corrected chi connectivity index (χ3v) is 1.03. The van der Waals surface area contributed by atoms with Crippen LogP contribution in [0.3, 0.4) is 0 Å². The number of ketones is 1. The van der Waals surface area contributed by atoms with Gasteiger partial charge >= 0.3 is 12.1 Å². The molecule has 0 heterocycles. The number of alkyl halides is 6. The second kappa shape index (κ2) is 3.32. The molecule has 0 saturated heterocycles. The van der Waals surface area contributed by atoms with Gasteiger partial charge in [-0.05, 0) is 0 Å². The van der Waals surface area contributed by atoms with Gasteiger partial charge in [0.2, 0.25) is 5.78 Å². The van der Waals surface area contributed by atoms with E-state index in [0.717, 1.165) is 0 Å². The van der Waals surface area contributed by atoms with Gasteiger partial charge in [-0.2, -0.15) is 22.0 Å². The van der Waals surface area contributed by atoms with E-state index in [1.165, 1.54) is 0 Å². The van der Waals surface area contributed by atoms with Gasteiger partial charge in [-0.3, -0.25) is 9.18 Å². The molecular weight excluding hydrogens is 190 g/mol. The van der Waals surface area contributed by atoms with Crippen LogP contribution < -0.4 is 0 Å². The zero-order valence-electron chi connectivity index (χ0n) is 5.59. The van der Waals surface area contributed by atoms with Gasteiger partial charge in [-0.15, -0.1) is 0 Å². The molecule has 12 heavy (non-hydrogen) atoms. The third kappa shape index (κ3) is 2.12. The van der Waals surface area contributed by atoms with Crippen molar-refractivity contribution in [3.05, 3.63) is 0 Å². The van der Waals surface area contributed by atoms with E-state index in [0.29, 0.717) is 0 Å². The number of carbonyl (C=O) groups is 1. The number of carbonyl (C=O) groups excluding carboxylic acids is 1. The van der Waals surface area contributed by atoms with Crippen LogP contribution in [0.1, 0.15) is 6.42 Å². The molecule has 0 unspecified atom stereocenters. The van der Waals surface area contributed by atoms with E-state index in [4.69, 9.17) is 0 Å². The Morgan fingerprint density at radius 1 is 1.08 bits per heavy atom. The van der Waals surface area contributed by atoms with Crippen molar-refractivity contribution in [1.29, 1.82) is 0 Å². The maximum Gasteiger partial charge on any atom is 0.461 e. The minimum Gasteiger partial charge on any atom is -0.292 e. The average molecular weight is 194 g/mol. The van der Waals surface area contributed by atoms with E-state index in [9.17, 15) is 31.1 Å². The Hall–Kier alpha value is -0.750. The standard InChI is InChI=1S/C5H4F6O/c6-2-1-3(12)4(7,8)5(9,10)11/h1-2H2. The van der Waals surface area contributed by atoms with Gasteiger partial charge in [0, 0.05) is 6.42 Å². The zero-order chi connectivity index (χ0) is 9.99. The molecule has 0 N–H and O–H groups in total. The van der Waals surface area contributed by atoms with Crippen LogP contribution in [0.15, 0.2) is 0 Å². The van der Waals surface area contributed by atoms with Crippen molar-refractivity contribution < 1.29 is 31.1 Å². The summed E-state index contributed by atoms with van der Waals surface area (Å²) in [7, 11) is 0. The molecule has 0 aliphatic rings. The SMILES string of the molecule is O=C(CCF)C(F)(F)C(F)(F)F. The Kier molecular flexibility index (Phi) is 3.11. The molecule has 0 rings (SSSR count). The van der Waals surface area contributed by atoms with E-state index in [2.05, 4.69) is 0 Å². The molecule has 0 bridgehead atoms. The molecule has 0 aromatic carbocycles. The molecule has 0 amide bonds. The Morgan fingerprint density at radius 3 is 1.75 bits per heavy atom. The molecule has 0 atom stereocenters. The lowest BCUT2D eigenvalue weighted by Crippen LogP contribution is -2.44. The molecule has 0 aliphatic carbocycles. The smallest absolute Gasteiger partial charge is 0.292 e. The quantitative estimate of drug-likeness (QED) is 0.629. The van der Waals surface area contributed by atoms with Gasteiger partial charge in [0.25, 0.3) is 0 Å². The summed E-state index contributed by atoms with van der Waals surface area (Å²) in [6, 6.07) is 0. The van der Waals surface area contributed by atoms with Gasteiger partial charge in [0.05, 0.1) is 6.67 Å². The van der Waals surface area contributed by atoms with Crippen molar-refractivity contribution in [3.63, 3.8) is 0 Å². The predicted molar refractivity (Wildman–Crippen MR) is 26.6 cm³/mol. The van der Waals surface area contributed by atoms with Gasteiger partial charge < -0.3 is 0 Å². The van der Waals surface area contributed by atoms with Crippen LogP contribution >= 0.6 is 0 Å². The van der Waals surface area contributed by atoms with E-state index >= 15 is 0 Å². The molecule has 0 fully saturated rings. The highest BCUT2D eigenvalue weighted by atomic mass is 19.4. The predicted octanol–water partition coefficient (Wildman–Crippen LogP) is 2.11. The summed E-state index contributed by atoms with van der Waals surface area (Å²) in [5.74, 6) is -7.88.